The molecule has 124 valence electrons. The second kappa shape index (κ2) is 19.5. The maximum atomic E-state index is 5.34. The predicted octanol–water partition coefficient (Wildman–Crippen LogP) is 0.686. The third-order valence-corrected chi connectivity index (χ3v) is 2.23. The van der Waals surface area contributed by atoms with E-state index in [1.165, 1.54) is 0 Å². The fraction of sp³-hybridized carbons (Fsp3) is 0.857. The first kappa shape index (κ1) is 20.5. The molecule has 0 aliphatic carbocycles. The Bertz CT molecular complexity index is 163. The van der Waals surface area contributed by atoms with Gasteiger partial charge in [-0.2, -0.15) is 9.47 Å². The molecule has 0 aliphatic heterocycles. The zero-order valence-corrected chi connectivity index (χ0v) is 12.8. The maximum absolute atomic E-state index is 5.34. The molecule has 0 aliphatic rings. The predicted molar refractivity (Wildman–Crippen MR) is 76.7 cm³/mol. The molecule has 0 rings (SSSR count). The number of rotatable bonds is 18. The van der Waals surface area contributed by atoms with Crippen LogP contribution >= 0.6 is 0 Å². The fourth-order valence-electron chi connectivity index (χ4n) is 1.22. The second-order valence-corrected chi connectivity index (χ2v) is 3.88. The van der Waals surface area contributed by atoms with Crippen molar-refractivity contribution in [2.24, 2.45) is 0 Å². The van der Waals surface area contributed by atoms with Crippen LogP contribution in [0, 0.1) is 14.2 Å². The molecule has 0 spiro atoms. The monoisotopic (exact) mass is 308 g/mol. The van der Waals surface area contributed by atoms with Gasteiger partial charge in [0, 0.05) is 0 Å². The highest BCUT2D eigenvalue weighted by molar-refractivity contribution is 4.36. The molecular weight excluding hydrogens is 280 g/mol. The van der Waals surface area contributed by atoms with Gasteiger partial charge in [-0.1, -0.05) is 0 Å². The lowest BCUT2D eigenvalue weighted by Crippen LogP contribution is -2.14. The van der Waals surface area contributed by atoms with Crippen LogP contribution in [0.1, 0.15) is 0 Å². The number of hydrogen-bond donors (Lipinski definition) is 0. The van der Waals surface area contributed by atoms with Crippen molar-refractivity contribution in [3.63, 3.8) is 0 Å². The van der Waals surface area contributed by atoms with E-state index in [1.807, 2.05) is 0 Å². The minimum atomic E-state index is 0.498. The van der Waals surface area contributed by atoms with Crippen LogP contribution in [0.5, 0.6) is 0 Å². The molecule has 21 heavy (non-hydrogen) atoms. The third kappa shape index (κ3) is 19.5. The zero-order chi connectivity index (χ0) is 15.4. The summed E-state index contributed by atoms with van der Waals surface area (Å²) >= 11 is 0. The minimum absolute atomic E-state index is 0.498. The summed E-state index contributed by atoms with van der Waals surface area (Å²) in [7, 11) is 6.49. The largest absolute Gasteiger partial charge is 0.377 e. The Morgan fingerprint density at radius 1 is 0.333 bits per heavy atom. The Labute approximate surface area is 127 Å². The van der Waals surface area contributed by atoms with E-state index in [4.69, 9.17) is 23.7 Å². The molecule has 0 aromatic heterocycles. The second-order valence-electron chi connectivity index (χ2n) is 3.88. The molecule has 0 radical (unpaired) electrons. The van der Waals surface area contributed by atoms with Crippen LogP contribution in [-0.4, -0.2) is 79.3 Å². The summed E-state index contributed by atoms with van der Waals surface area (Å²) in [6.07, 6.45) is 0. The van der Waals surface area contributed by atoms with E-state index in [1.54, 1.807) is 0 Å². The summed E-state index contributed by atoms with van der Waals surface area (Å²) in [5.74, 6) is 0. The average Bonchev–Trinajstić information content (AvgIpc) is 2.50. The molecule has 7 nitrogen and oxygen atoms in total. The molecule has 0 bridgehead atoms. The topological polar surface area (TPSA) is 64.6 Å². The fourth-order valence-corrected chi connectivity index (χ4v) is 1.22. The summed E-state index contributed by atoms with van der Waals surface area (Å²) in [6, 6.07) is 0. The van der Waals surface area contributed by atoms with Crippen LogP contribution in [0.3, 0.4) is 0 Å². The van der Waals surface area contributed by atoms with Crippen molar-refractivity contribution in [1.82, 2.24) is 0 Å². The quantitative estimate of drug-likeness (QED) is 0.272. The first-order valence-electron chi connectivity index (χ1n) is 7.04. The van der Waals surface area contributed by atoms with E-state index in [2.05, 4.69) is 23.7 Å². The lowest BCUT2D eigenvalue weighted by atomic mass is 10.7. The van der Waals surface area contributed by atoms with Crippen LogP contribution in [-0.2, 0) is 33.2 Å². The number of ether oxygens (including phenoxy) is 7. The van der Waals surface area contributed by atoms with Crippen molar-refractivity contribution in [2.45, 2.75) is 0 Å². The first-order valence-corrected chi connectivity index (χ1v) is 7.04. The molecule has 0 N–H and O–H groups in total. The van der Waals surface area contributed by atoms with E-state index in [0.29, 0.717) is 79.3 Å². The van der Waals surface area contributed by atoms with Crippen LogP contribution in [0.2, 0.25) is 0 Å². The van der Waals surface area contributed by atoms with E-state index in [0.717, 1.165) is 0 Å². The Morgan fingerprint density at radius 3 is 0.714 bits per heavy atom. The average molecular weight is 308 g/mol. The summed E-state index contributed by atoms with van der Waals surface area (Å²) in [5.41, 5.74) is 0. The maximum Gasteiger partial charge on any atom is 0.213 e. The van der Waals surface area contributed by atoms with Gasteiger partial charge in [-0.3, -0.25) is 0 Å². The van der Waals surface area contributed by atoms with Crippen molar-refractivity contribution in [3.05, 3.63) is 14.2 Å². The Balaban J connectivity index is 2.90. The SMILES string of the molecule is [CH2+]OCCOCCOCCOCCOCCOCCO[CH2+]. The van der Waals surface area contributed by atoms with E-state index in [9.17, 15) is 0 Å². The molecule has 0 atom stereocenters. The van der Waals surface area contributed by atoms with Gasteiger partial charge in [0.25, 0.3) is 0 Å². The highest BCUT2D eigenvalue weighted by Gasteiger charge is 1.94. The van der Waals surface area contributed by atoms with Gasteiger partial charge in [-0.15, -0.1) is 0 Å². The van der Waals surface area contributed by atoms with Gasteiger partial charge in [0.2, 0.25) is 14.2 Å². The van der Waals surface area contributed by atoms with E-state index < -0.39 is 0 Å². The molecule has 0 heterocycles. The van der Waals surface area contributed by atoms with Crippen molar-refractivity contribution in [2.75, 3.05) is 79.3 Å². The van der Waals surface area contributed by atoms with Crippen LogP contribution in [0.4, 0.5) is 0 Å². The van der Waals surface area contributed by atoms with Crippen LogP contribution in [0.15, 0.2) is 0 Å². The molecule has 7 heteroatoms. The smallest absolute Gasteiger partial charge is 0.213 e. The third-order valence-electron chi connectivity index (χ3n) is 2.23. The van der Waals surface area contributed by atoms with Gasteiger partial charge < -0.3 is 23.7 Å². The van der Waals surface area contributed by atoms with Gasteiger partial charge in [-0.25, -0.2) is 0 Å². The van der Waals surface area contributed by atoms with Gasteiger partial charge >= 0.3 is 0 Å². The lowest BCUT2D eigenvalue weighted by molar-refractivity contribution is -0.0160. The first-order chi connectivity index (χ1) is 10.4. The van der Waals surface area contributed by atoms with Gasteiger partial charge in [0.05, 0.1) is 66.1 Å². The van der Waals surface area contributed by atoms with Crippen molar-refractivity contribution >= 4 is 0 Å². The Morgan fingerprint density at radius 2 is 0.524 bits per heavy atom. The summed E-state index contributed by atoms with van der Waals surface area (Å²) < 4.78 is 35.6. The number of hydrogen-bond acceptors (Lipinski definition) is 7. The Kier molecular flexibility index (Phi) is 19.0. The Hall–Kier alpha value is -0.540. The zero-order valence-electron chi connectivity index (χ0n) is 12.8. The van der Waals surface area contributed by atoms with Crippen molar-refractivity contribution < 1.29 is 33.2 Å². The molecule has 0 saturated heterocycles. The summed E-state index contributed by atoms with van der Waals surface area (Å²) in [5, 5.41) is 0. The van der Waals surface area contributed by atoms with Crippen molar-refractivity contribution in [3.8, 4) is 0 Å². The minimum Gasteiger partial charge on any atom is -0.377 e. The molecule has 0 saturated carbocycles. The highest BCUT2D eigenvalue weighted by Crippen LogP contribution is 1.84. The van der Waals surface area contributed by atoms with E-state index in [-0.39, 0.29) is 0 Å². The lowest BCUT2D eigenvalue weighted by Gasteiger charge is -2.07. The summed E-state index contributed by atoms with van der Waals surface area (Å²) in [4.78, 5) is 0. The van der Waals surface area contributed by atoms with Crippen molar-refractivity contribution in [1.29, 1.82) is 0 Å². The standard InChI is InChI=1S/C14H28O7/c1-15-3-5-17-7-9-19-11-13-21-14-12-20-10-8-18-6-4-16-2/h1-14H2/q+2. The van der Waals surface area contributed by atoms with Gasteiger partial charge in [0.1, 0.15) is 13.2 Å². The highest BCUT2D eigenvalue weighted by atomic mass is 16.6. The normalized spacial score (nSPS) is 11.0. The molecule has 0 unspecified atom stereocenters. The molecular formula is C14H28O7+2. The van der Waals surface area contributed by atoms with E-state index >= 15 is 0 Å². The molecule has 0 aromatic rings. The van der Waals surface area contributed by atoms with Gasteiger partial charge in [0.15, 0.2) is 0 Å². The van der Waals surface area contributed by atoms with Crippen LogP contribution < -0.4 is 0 Å². The van der Waals surface area contributed by atoms with Crippen LogP contribution in [0.25, 0.3) is 0 Å². The molecule has 0 aromatic carbocycles. The van der Waals surface area contributed by atoms with Gasteiger partial charge in [-0.05, 0) is 0 Å². The molecule has 0 fully saturated rings. The summed E-state index contributed by atoms with van der Waals surface area (Å²) in [6.45, 7) is 6.43. The molecule has 0 amide bonds.